The Morgan fingerprint density at radius 1 is 1.27 bits per heavy atom. The lowest BCUT2D eigenvalue weighted by atomic mass is 9.70. The Morgan fingerprint density at radius 2 is 2.00 bits per heavy atom. The van der Waals surface area contributed by atoms with E-state index in [1.54, 1.807) is 0 Å². The van der Waals surface area contributed by atoms with Crippen LogP contribution in [0, 0.1) is 12.8 Å². The molecule has 1 aromatic rings. The van der Waals surface area contributed by atoms with Gasteiger partial charge in [-0.1, -0.05) is 19.9 Å². The van der Waals surface area contributed by atoms with Crippen molar-refractivity contribution in [1.29, 1.82) is 0 Å². The van der Waals surface area contributed by atoms with Gasteiger partial charge >= 0.3 is 0 Å². The van der Waals surface area contributed by atoms with Gasteiger partial charge in [0.15, 0.2) is 11.5 Å². The van der Waals surface area contributed by atoms with Crippen LogP contribution in [-0.2, 0) is 0 Å². The van der Waals surface area contributed by atoms with E-state index in [1.165, 1.54) is 11.1 Å². The molecule has 0 amide bonds. The average molecular weight is 306 g/mol. The highest BCUT2D eigenvalue weighted by molar-refractivity contribution is 5.59. The van der Waals surface area contributed by atoms with E-state index in [0.29, 0.717) is 31.0 Å². The number of benzene rings is 1. The van der Waals surface area contributed by atoms with Crippen LogP contribution in [0.3, 0.4) is 0 Å². The van der Waals surface area contributed by atoms with Gasteiger partial charge in [0.2, 0.25) is 6.79 Å². The van der Waals surface area contributed by atoms with E-state index in [-0.39, 0.29) is 6.61 Å². The summed E-state index contributed by atoms with van der Waals surface area (Å²) in [6.45, 7) is 6.63. The van der Waals surface area contributed by atoms with Crippen molar-refractivity contribution in [3.05, 3.63) is 22.8 Å². The van der Waals surface area contributed by atoms with Gasteiger partial charge in [0.05, 0.1) is 12.7 Å². The molecule has 1 aliphatic carbocycles. The van der Waals surface area contributed by atoms with Crippen molar-refractivity contribution in [3.63, 3.8) is 0 Å². The van der Waals surface area contributed by atoms with E-state index in [4.69, 9.17) is 14.6 Å². The number of hydrogen-bond acceptors (Lipinski definition) is 4. The summed E-state index contributed by atoms with van der Waals surface area (Å²) in [5.74, 6) is 3.03. The lowest BCUT2D eigenvalue weighted by Crippen LogP contribution is -2.24. The second kappa shape index (κ2) is 6.09. The number of ether oxygens (including phenoxy) is 2. The molecule has 0 saturated heterocycles. The predicted octanol–water partition coefficient (Wildman–Crippen LogP) is 3.08. The van der Waals surface area contributed by atoms with Gasteiger partial charge in [0.1, 0.15) is 0 Å². The zero-order valence-corrected chi connectivity index (χ0v) is 13.6. The predicted molar refractivity (Wildman–Crippen MR) is 84.6 cm³/mol. The minimum absolute atomic E-state index is 0.166. The maximum atomic E-state index is 9.77. The molecule has 0 fully saturated rings. The van der Waals surface area contributed by atoms with Crippen molar-refractivity contribution >= 4 is 0 Å². The Balaban J connectivity index is 1.98. The monoisotopic (exact) mass is 306 g/mol. The fourth-order valence-electron chi connectivity index (χ4n) is 4.08. The largest absolute Gasteiger partial charge is 0.453 e. The van der Waals surface area contributed by atoms with E-state index in [9.17, 15) is 5.11 Å². The van der Waals surface area contributed by atoms with Crippen LogP contribution in [0.4, 0.5) is 0 Å². The van der Waals surface area contributed by atoms with Crippen LogP contribution in [0.2, 0.25) is 0 Å². The van der Waals surface area contributed by atoms with Gasteiger partial charge < -0.3 is 19.7 Å². The number of hydrogen-bond donors (Lipinski definition) is 2. The molecule has 0 bridgehead atoms. The lowest BCUT2D eigenvalue weighted by Gasteiger charge is -2.35. The third kappa shape index (κ3) is 2.59. The number of aryl methyl sites for hydroxylation is 1. The highest BCUT2D eigenvalue weighted by atomic mass is 16.7. The zero-order chi connectivity index (χ0) is 15.9. The van der Waals surface area contributed by atoms with Gasteiger partial charge in [0, 0.05) is 5.56 Å². The molecule has 2 aliphatic rings. The molecule has 4 nitrogen and oxygen atoms in total. The van der Waals surface area contributed by atoms with Gasteiger partial charge in [-0.25, -0.2) is 0 Å². The van der Waals surface area contributed by atoms with Gasteiger partial charge in [-0.15, -0.1) is 0 Å². The fraction of sp³-hybridized carbons (Fsp3) is 0.667. The topological polar surface area (TPSA) is 58.9 Å². The van der Waals surface area contributed by atoms with Gasteiger partial charge in [-0.3, -0.25) is 0 Å². The van der Waals surface area contributed by atoms with Crippen LogP contribution < -0.4 is 9.47 Å². The van der Waals surface area contributed by atoms with Crippen LogP contribution in [0.5, 0.6) is 11.5 Å². The minimum Gasteiger partial charge on any atom is -0.453 e. The van der Waals surface area contributed by atoms with E-state index in [1.807, 2.05) is 0 Å². The molecule has 1 aromatic carbocycles. The molecule has 0 aromatic heterocycles. The Labute approximate surface area is 132 Å². The average Bonchev–Trinajstić information content (AvgIpc) is 2.97. The molecule has 4 heteroatoms. The summed E-state index contributed by atoms with van der Waals surface area (Å²) in [6, 6.07) is 2.24. The first-order valence-corrected chi connectivity index (χ1v) is 8.24. The summed E-state index contributed by atoms with van der Waals surface area (Å²) in [5.41, 5.74) is 3.76. The number of rotatable bonds is 4. The van der Waals surface area contributed by atoms with E-state index in [2.05, 4.69) is 26.8 Å². The summed E-state index contributed by atoms with van der Waals surface area (Å²) in [5, 5.41) is 18.9. The number of fused-ring (bicyclic) bond motifs is 3. The first-order valence-electron chi connectivity index (χ1n) is 8.24. The Hall–Kier alpha value is -1.26. The molecule has 0 spiro atoms. The van der Waals surface area contributed by atoms with Crippen LogP contribution in [0.15, 0.2) is 6.07 Å². The molecule has 0 saturated carbocycles. The Bertz CT molecular complexity index is 555. The number of aliphatic hydroxyl groups is 2. The fourth-order valence-corrected chi connectivity index (χ4v) is 4.08. The van der Waals surface area contributed by atoms with Crippen molar-refractivity contribution in [2.45, 2.75) is 58.0 Å². The third-order valence-corrected chi connectivity index (χ3v) is 5.24. The van der Waals surface area contributed by atoms with Crippen molar-refractivity contribution in [3.8, 4) is 11.5 Å². The first-order chi connectivity index (χ1) is 10.5. The van der Waals surface area contributed by atoms with Crippen LogP contribution >= 0.6 is 0 Å². The summed E-state index contributed by atoms with van der Waals surface area (Å²) < 4.78 is 11.4. The molecule has 122 valence electrons. The van der Waals surface area contributed by atoms with Crippen molar-refractivity contribution in [1.82, 2.24) is 0 Å². The zero-order valence-electron chi connectivity index (χ0n) is 13.6. The second-order valence-electron chi connectivity index (χ2n) is 6.90. The molecule has 1 aliphatic heterocycles. The molecule has 1 heterocycles. The van der Waals surface area contributed by atoms with Gasteiger partial charge in [-0.2, -0.15) is 0 Å². The second-order valence-corrected chi connectivity index (χ2v) is 6.90. The Morgan fingerprint density at radius 3 is 2.73 bits per heavy atom. The van der Waals surface area contributed by atoms with Crippen LogP contribution in [0.1, 0.15) is 61.6 Å². The SMILES string of the molecule is Cc1cc2c(c3c1OCO3)[C@@H](C)CC[C@@H]2[C@@H](C)CC(O)CO. The smallest absolute Gasteiger partial charge is 0.231 e. The molecule has 22 heavy (non-hydrogen) atoms. The molecular weight excluding hydrogens is 280 g/mol. The summed E-state index contributed by atoms with van der Waals surface area (Å²) in [7, 11) is 0. The Kier molecular flexibility index (Phi) is 4.33. The molecule has 4 atom stereocenters. The molecule has 0 radical (unpaired) electrons. The van der Waals surface area contributed by atoms with Crippen molar-refractivity contribution in [2.24, 2.45) is 5.92 Å². The summed E-state index contributed by atoms with van der Waals surface area (Å²) >= 11 is 0. The highest BCUT2D eigenvalue weighted by Crippen LogP contribution is 2.52. The van der Waals surface area contributed by atoms with Crippen molar-refractivity contribution in [2.75, 3.05) is 13.4 Å². The third-order valence-electron chi connectivity index (χ3n) is 5.24. The molecule has 2 N–H and O–H groups in total. The normalized spacial score (nSPS) is 25.7. The number of aliphatic hydroxyl groups excluding tert-OH is 2. The molecule has 1 unspecified atom stereocenters. The maximum Gasteiger partial charge on any atom is 0.231 e. The lowest BCUT2D eigenvalue weighted by molar-refractivity contribution is 0.0713. The van der Waals surface area contributed by atoms with Crippen molar-refractivity contribution < 1.29 is 19.7 Å². The summed E-state index contributed by atoms with van der Waals surface area (Å²) in [4.78, 5) is 0. The molecular formula is C18H26O4. The first kappa shape index (κ1) is 15.6. The van der Waals surface area contributed by atoms with E-state index < -0.39 is 6.10 Å². The van der Waals surface area contributed by atoms with E-state index >= 15 is 0 Å². The van der Waals surface area contributed by atoms with Gasteiger partial charge in [-0.05, 0) is 55.1 Å². The highest BCUT2D eigenvalue weighted by Gasteiger charge is 2.35. The van der Waals surface area contributed by atoms with E-state index in [0.717, 1.165) is 29.9 Å². The standard InChI is InChI=1S/C18H26O4/c1-10-4-5-14(11(2)6-13(20)8-19)15-7-12(3)17-18(16(10)15)22-9-21-17/h7,10-11,13-14,19-20H,4-6,8-9H2,1-3H3/t10-,11-,13?,14+/m0/s1. The maximum absolute atomic E-state index is 9.77. The van der Waals surface area contributed by atoms with Gasteiger partial charge in [0.25, 0.3) is 0 Å². The van der Waals surface area contributed by atoms with Crippen LogP contribution in [-0.4, -0.2) is 29.7 Å². The molecule has 3 rings (SSSR count). The summed E-state index contributed by atoms with van der Waals surface area (Å²) in [6.07, 6.45) is 2.23. The quantitative estimate of drug-likeness (QED) is 0.897. The minimum atomic E-state index is -0.632. The van der Waals surface area contributed by atoms with Crippen LogP contribution in [0.25, 0.3) is 0 Å².